The summed E-state index contributed by atoms with van der Waals surface area (Å²) in [6.07, 6.45) is 3.62. The Labute approximate surface area is 190 Å². The van der Waals surface area contributed by atoms with E-state index in [2.05, 4.69) is 97.1 Å². The number of allylic oxidation sites excluding steroid dienone is 1. The summed E-state index contributed by atoms with van der Waals surface area (Å²) in [5, 5.41) is 2.14. The van der Waals surface area contributed by atoms with E-state index in [-0.39, 0.29) is 0 Å². The summed E-state index contributed by atoms with van der Waals surface area (Å²) in [4.78, 5) is 0. The van der Waals surface area contributed by atoms with Gasteiger partial charge in [-0.1, -0.05) is 60.7 Å². The number of hydrogen-bond donors (Lipinski definition) is 1. The van der Waals surface area contributed by atoms with Crippen molar-refractivity contribution in [1.29, 1.82) is 0 Å². The minimum Gasteiger partial charge on any atom is -0.465 e. The summed E-state index contributed by atoms with van der Waals surface area (Å²) in [6.45, 7) is 6.14. The molecule has 0 aliphatic carbocycles. The summed E-state index contributed by atoms with van der Waals surface area (Å²) in [7, 11) is 0. The first-order valence-corrected chi connectivity index (χ1v) is 10.8. The first-order chi connectivity index (χ1) is 15.7. The van der Waals surface area contributed by atoms with E-state index in [1.54, 1.807) is 6.26 Å². The molecule has 0 saturated carbocycles. The predicted molar refractivity (Wildman–Crippen MR) is 135 cm³/mol. The Hall–Kier alpha value is -3.98. The SMILES string of the molecule is CC=COc1c(C)cc(-c2ccccc2N(Nc2ccccc2)c2ccccc2)cc1C. The van der Waals surface area contributed by atoms with Gasteiger partial charge in [-0.2, -0.15) is 0 Å². The Morgan fingerprint density at radius 1 is 0.750 bits per heavy atom. The number of anilines is 3. The third kappa shape index (κ3) is 4.68. The highest BCUT2D eigenvalue weighted by molar-refractivity contribution is 5.84. The molecule has 0 saturated heterocycles. The van der Waals surface area contributed by atoms with Crippen LogP contribution in [0.25, 0.3) is 11.1 Å². The van der Waals surface area contributed by atoms with Crippen LogP contribution in [0.5, 0.6) is 5.75 Å². The van der Waals surface area contributed by atoms with Gasteiger partial charge >= 0.3 is 0 Å². The number of nitrogens with one attached hydrogen (secondary N) is 1. The van der Waals surface area contributed by atoms with Gasteiger partial charge in [0.25, 0.3) is 0 Å². The van der Waals surface area contributed by atoms with Crippen molar-refractivity contribution in [3.8, 4) is 16.9 Å². The highest BCUT2D eigenvalue weighted by Gasteiger charge is 2.16. The van der Waals surface area contributed by atoms with Gasteiger partial charge in [0.15, 0.2) is 0 Å². The molecule has 0 amide bonds. The van der Waals surface area contributed by atoms with Crippen molar-refractivity contribution in [2.75, 3.05) is 10.4 Å². The minimum absolute atomic E-state index is 0.909. The average molecular weight is 421 g/mol. The van der Waals surface area contributed by atoms with E-state index in [9.17, 15) is 0 Å². The van der Waals surface area contributed by atoms with E-state index in [0.717, 1.165) is 45.1 Å². The van der Waals surface area contributed by atoms with Crippen LogP contribution in [0.2, 0.25) is 0 Å². The van der Waals surface area contributed by atoms with Gasteiger partial charge in [0.1, 0.15) is 5.75 Å². The van der Waals surface area contributed by atoms with Crippen molar-refractivity contribution in [1.82, 2.24) is 0 Å². The molecule has 1 N–H and O–H groups in total. The molecular formula is C29H28N2O. The van der Waals surface area contributed by atoms with Gasteiger partial charge < -0.3 is 4.74 Å². The first-order valence-electron chi connectivity index (χ1n) is 10.8. The number of hydrazine groups is 1. The summed E-state index contributed by atoms with van der Waals surface area (Å²) in [5.41, 5.74) is 11.3. The van der Waals surface area contributed by atoms with Crippen LogP contribution in [0, 0.1) is 13.8 Å². The normalized spacial score (nSPS) is 10.8. The van der Waals surface area contributed by atoms with Crippen LogP contribution >= 0.6 is 0 Å². The molecule has 0 unspecified atom stereocenters. The van der Waals surface area contributed by atoms with Gasteiger partial charge in [-0.25, -0.2) is 0 Å². The second kappa shape index (κ2) is 9.88. The lowest BCUT2D eigenvalue weighted by atomic mass is 9.98. The van der Waals surface area contributed by atoms with Crippen molar-refractivity contribution in [2.24, 2.45) is 0 Å². The molecule has 0 aliphatic heterocycles. The van der Waals surface area contributed by atoms with E-state index in [4.69, 9.17) is 4.74 Å². The second-order valence-corrected chi connectivity index (χ2v) is 7.69. The molecule has 4 rings (SSSR count). The number of nitrogens with zero attached hydrogens (tertiary/aromatic N) is 1. The number of ether oxygens (including phenoxy) is 1. The zero-order valence-corrected chi connectivity index (χ0v) is 18.7. The Kier molecular flexibility index (Phi) is 6.57. The highest BCUT2D eigenvalue weighted by atomic mass is 16.5. The molecule has 0 aromatic heterocycles. The molecule has 0 spiro atoms. The van der Waals surface area contributed by atoms with E-state index in [0.29, 0.717) is 0 Å². The zero-order chi connectivity index (χ0) is 22.3. The van der Waals surface area contributed by atoms with E-state index < -0.39 is 0 Å². The fourth-order valence-electron chi connectivity index (χ4n) is 3.82. The average Bonchev–Trinajstić information content (AvgIpc) is 2.83. The number of para-hydroxylation sites is 3. The molecule has 160 valence electrons. The standard InChI is InChI=1S/C29H28N2O/c1-4-19-32-29-22(2)20-24(21-23(29)3)27-17-11-12-18-28(27)31(26-15-9-6-10-16-26)30-25-13-7-5-8-14-25/h4-21,30H,1-3H3. The van der Waals surface area contributed by atoms with Crippen LogP contribution in [0.15, 0.2) is 109 Å². The molecule has 0 radical (unpaired) electrons. The maximum Gasteiger partial charge on any atom is 0.132 e. The summed E-state index contributed by atoms with van der Waals surface area (Å²) >= 11 is 0. The fraction of sp³-hybridized carbons (Fsp3) is 0.103. The number of rotatable bonds is 7. The molecule has 0 bridgehead atoms. The zero-order valence-electron chi connectivity index (χ0n) is 18.7. The number of aryl methyl sites for hydroxylation is 2. The molecule has 32 heavy (non-hydrogen) atoms. The monoisotopic (exact) mass is 420 g/mol. The molecule has 0 aliphatic rings. The third-order valence-electron chi connectivity index (χ3n) is 5.27. The van der Waals surface area contributed by atoms with Crippen molar-refractivity contribution < 1.29 is 4.74 Å². The lowest BCUT2D eigenvalue weighted by molar-refractivity contribution is 0.473. The lowest BCUT2D eigenvalue weighted by Crippen LogP contribution is -2.25. The molecule has 0 fully saturated rings. The van der Waals surface area contributed by atoms with Crippen LogP contribution in [0.3, 0.4) is 0 Å². The molecule has 0 heterocycles. The third-order valence-corrected chi connectivity index (χ3v) is 5.27. The lowest BCUT2D eigenvalue weighted by Gasteiger charge is -2.29. The van der Waals surface area contributed by atoms with Gasteiger partial charge in [-0.3, -0.25) is 10.4 Å². The smallest absolute Gasteiger partial charge is 0.132 e. The fourth-order valence-corrected chi connectivity index (χ4v) is 3.82. The second-order valence-electron chi connectivity index (χ2n) is 7.69. The molecule has 3 nitrogen and oxygen atoms in total. The van der Waals surface area contributed by atoms with Gasteiger partial charge in [-0.15, -0.1) is 0 Å². The molecule has 4 aromatic carbocycles. The summed E-state index contributed by atoms with van der Waals surface area (Å²) in [6, 6.07) is 33.4. The Morgan fingerprint density at radius 3 is 2.00 bits per heavy atom. The molecular weight excluding hydrogens is 392 g/mol. The van der Waals surface area contributed by atoms with E-state index >= 15 is 0 Å². The van der Waals surface area contributed by atoms with E-state index in [1.165, 1.54) is 0 Å². The summed E-state index contributed by atoms with van der Waals surface area (Å²) < 4.78 is 5.83. The van der Waals surface area contributed by atoms with E-state index in [1.807, 2.05) is 37.3 Å². The number of hydrogen-bond acceptors (Lipinski definition) is 3. The maximum absolute atomic E-state index is 5.83. The van der Waals surface area contributed by atoms with Crippen molar-refractivity contribution in [3.05, 3.63) is 121 Å². The Balaban J connectivity index is 1.82. The van der Waals surface area contributed by atoms with Gasteiger partial charge in [0.05, 0.1) is 23.3 Å². The van der Waals surface area contributed by atoms with Crippen molar-refractivity contribution >= 4 is 17.1 Å². The van der Waals surface area contributed by atoms with Crippen LogP contribution in [0.1, 0.15) is 18.1 Å². The van der Waals surface area contributed by atoms with Gasteiger partial charge in [-0.05, 0) is 79.9 Å². The summed E-state index contributed by atoms with van der Waals surface area (Å²) in [5.74, 6) is 0.909. The number of benzene rings is 4. The minimum atomic E-state index is 0.909. The highest BCUT2D eigenvalue weighted by Crippen LogP contribution is 2.38. The Morgan fingerprint density at radius 2 is 1.34 bits per heavy atom. The maximum atomic E-state index is 5.83. The largest absolute Gasteiger partial charge is 0.465 e. The quantitative estimate of drug-likeness (QED) is 0.242. The molecule has 4 aromatic rings. The van der Waals surface area contributed by atoms with Gasteiger partial charge in [0.2, 0.25) is 0 Å². The van der Waals surface area contributed by atoms with Crippen molar-refractivity contribution in [2.45, 2.75) is 20.8 Å². The van der Waals surface area contributed by atoms with Crippen LogP contribution in [-0.2, 0) is 0 Å². The Bertz CT molecular complexity index is 1180. The van der Waals surface area contributed by atoms with Gasteiger partial charge in [0, 0.05) is 5.56 Å². The van der Waals surface area contributed by atoms with Crippen LogP contribution in [-0.4, -0.2) is 0 Å². The van der Waals surface area contributed by atoms with Crippen LogP contribution in [0.4, 0.5) is 17.1 Å². The van der Waals surface area contributed by atoms with Crippen molar-refractivity contribution in [3.63, 3.8) is 0 Å². The molecule has 0 atom stereocenters. The topological polar surface area (TPSA) is 24.5 Å². The van der Waals surface area contributed by atoms with Crippen LogP contribution < -0.4 is 15.2 Å². The predicted octanol–water partition coefficient (Wildman–Crippen LogP) is 8.05. The molecule has 3 heteroatoms. The first kappa shape index (κ1) is 21.3.